The van der Waals surface area contributed by atoms with Crippen LogP contribution in [0.2, 0.25) is 0 Å². The molecule has 2 atom stereocenters. The average Bonchev–Trinajstić information content (AvgIpc) is 2.45. The predicted molar refractivity (Wildman–Crippen MR) is 70.2 cm³/mol. The average molecular weight is 303 g/mol. The number of halogens is 4. The van der Waals surface area contributed by atoms with Gasteiger partial charge in [0.15, 0.2) is 5.78 Å². The Morgan fingerprint density at radius 1 is 1.24 bits per heavy atom. The van der Waals surface area contributed by atoms with E-state index in [1.807, 2.05) is 0 Å². The SMILES string of the molecule is NCC1CCCCC1C(=O)c1ccc(F)c(C(F)(F)F)c1. The number of ketones is 1. The molecule has 1 fully saturated rings. The van der Waals surface area contributed by atoms with Gasteiger partial charge in [0, 0.05) is 11.5 Å². The molecule has 21 heavy (non-hydrogen) atoms. The molecule has 116 valence electrons. The van der Waals surface area contributed by atoms with Gasteiger partial charge in [-0.15, -0.1) is 0 Å². The highest BCUT2D eigenvalue weighted by molar-refractivity contribution is 5.98. The molecule has 0 aliphatic heterocycles. The zero-order valence-electron chi connectivity index (χ0n) is 11.4. The Morgan fingerprint density at radius 2 is 1.90 bits per heavy atom. The van der Waals surface area contributed by atoms with E-state index in [4.69, 9.17) is 5.73 Å². The van der Waals surface area contributed by atoms with E-state index >= 15 is 0 Å². The summed E-state index contributed by atoms with van der Waals surface area (Å²) in [5, 5.41) is 0. The third kappa shape index (κ3) is 3.43. The summed E-state index contributed by atoms with van der Waals surface area (Å²) < 4.78 is 51.4. The van der Waals surface area contributed by atoms with Crippen molar-refractivity contribution in [2.75, 3.05) is 6.54 Å². The monoisotopic (exact) mass is 303 g/mol. The Morgan fingerprint density at radius 3 is 2.52 bits per heavy atom. The van der Waals surface area contributed by atoms with Gasteiger partial charge in [-0.3, -0.25) is 4.79 Å². The van der Waals surface area contributed by atoms with Crippen LogP contribution in [0.3, 0.4) is 0 Å². The molecule has 0 amide bonds. The summed E-state index contributed by atoms with van der Waals surface area (Å²) in [4.78, 5) is 12.4. The molecule has 0 saturated heterocycles. The van der Waals surface area contributed by atoms with E-state index in [1.54, 1.807) is 0 Å². The number of hydrogen-bond donors (Lipinski definition) is 1. The summed E-state index contributed by atoms with van der Waals surface area (Å²) in [6.07, 6.45) is -1.54. The molecule has 0 spiro atoms. The molecule has 6 heteroatoms. The van der Waals surface area contributed by atoms with Crippen LogP contribution in [0.4, 0.5) is 17.6 Å². The van der Waals surface area contributed by atoms with Crippen molar-refractivity contribution < 1.29 is 22.4 Å². The first kappa shape index (κ1) is 15.9. The minimum atomic E-state index is -4.81. The van der Waals surface area contributed by atoms with Crippen LogP contribution < -0.4 is 5.73 Å². The van der Waals surface area contributed by atoms with Gasteiger partial charge in [0.1, 0.15) is 5.82 Å². The van der Waals surface area contributed by atoms with E-state index < -0.39 is 17.6 Å². The summed E-state index contributed by atoms with van der Waals surface area (Å²) in [6.45, 7) is 0.337. The maximum atomic E-state index is 13.3. The largest absolute Gasteiger partial charge is 0.419 e. The number of benzene rings is 1. The highest BCUT2D eigenvalue weighted by Gasteiger charge is 2.36. The number of alkyl halides is 3. The van der Waals surface area contributed by atoms with Gasteiger partial charge in [-0.2, -0.15) is 13.2 Å². The molecule has 2 rings (SSSR count). The van der Waals surface area contributed by atoms with Gasteiger partial charge in [-0.05, 0) is 43.5 Å². The summed E-state index contributed by atoms with van der Waals surface area (Å²) in [5.41, 5.74) is 4.16. The van der Waals surface area contributed by atoms with Crippen LogP contribution in [-0.4, -0.2) is 12.3 Å². The molecular weight excluding hydrogens is 286 g/mol. The molecule has 0 heterocycles. The third-order valence-corrected chi connectivity index (χ3v) is 4.10. The molecule has 2 N–H and O–H groups in total. The van der Waals surface area contributed by atoms with Crippen molar-refractivity contribution in [2.24, 2.45) is 17.6 Å². The Balaban J connectivity index is 2.31. The molecular formula is C15H17F4NO. The fourth-order valence-corrected chi connectivity index (χ4v) is 2.94. The van der Waals surface area contributed by atoms with Gasteiger partial charge in [-0.25, -0.2) is 4.39 Å². The second-order valence-corrected chi connectivity index (χ2v) is 5.44. The summed E-state index contributed by atoms with van der Waals surface area (Å²) in [6, 6.07) is 2.44. The number of Topliss-reactive ketones (excluding diaryl/α,β-unsaturated/α-hetero) is 1. The molecule has 2 nitrogen and oxygen atoms in total. The van der Waals surface area contributed by atoms with Gasteiger partial charge in [0.25, 0.3) is 0 Å². The van der Waals surface area contributed by atoms with Crippen molar-refractivity contribution in [3.8, 4) is 0 Å². The second-order valence-electron chi connectivity index (χ2n) is 5.44. The molecule has 1 aliphatic carbocycles. The van der Waals surface area contributed by atoms with E-state index in [9.17, 15) is 22.4 Å². The lowest BCUT2D eigenvalue weighted by Crippen LogP contribution is -2.32. The van der Waals surface area contributed by atoms with Crippen LogP contribution in [0, 0.1) is 17.7 Å². The Labute approximate surface area is 120 Å². The maximum Gasteiger partial charge on any atom is 0.419 e. The fraction of sp³-hybridized carbons (Fsp3) is 0.533. The number of nitrogens with two attached hydrogens (primary N) is 1. The first-order valence-corrected chi connectivity index (χ1v) is 6.95. The first-order valence-electron chi connectivity index (χ1n) is 6.95. The zero-order chi connectivity index (χ0) is 15.6. The lowest BCUT2D eigenvalue weighted by molar-refractivity contribution is -0.140. The summed E-state index contributed by atoms with van der Waals surface area (Å²) in [7, 11) is 0. The Hall–Kier alpha value is -1.43. The maximum absolute atomic E-state index is 13.3. The molecule has 1 aliphatic rings. The van der Waals surface area contributed by atoms with E-state index in [0.29, 0.717) is 25.1 Å². The van der Waals surface area contributed by atoms with Crippen molar-refractivity contribution in [3.05, 3.63) is 35.1 Å². The second kappa shape index (κ2) is 6.13. The molecule has 2 unspecified atom stereocenters. The predicted octanol–water partition coefficient (Wildman–Crippen LogP) is 3.79. The van der Waals surface area contributed by atoms with Crippen LogP contribution in [0.5, 0.6) is 0 Å². The Bertz CT molecular complexity index is 527. The normalized spacial score (nSPS) is 23.1. The van der Waals surface area contributed by atoms with Crippen molar-refractivity contribution in [1.82, 2.24) is 0 Å². The number of hydrogen-bond acceptors (Lipinski definition) is 2. The summed E-state index contributed by atoms with van der Waals surface area (Å²) in [5.74, 6) is -2.10. The molecule has 1 saturated carbocycles. The number of carbonyl (C=O) groups excluding carboxylic acids is 1. The molecule has 0 aromatic heterocycles. The number of rotatable bonds is 3. The molecule has 0 bridgehead atoms. The van der Waals surface area contributed by atoms with Gasteiger partial charge in [0.2, 0.25) is 0 Å². The van der Waals surface area contributed by atoms with Crippen molar-refractivity contribution in [1.29, 1.82) is 0 Å². The molecule has 1 aromatic carbocycles. The fourth-order valence-electron chi connectivity index (χ4n) is 2.94. The highest BCUT2D eigenvalue weighted by Crippen LogP contribution is 2.35. The van der Waals surface area contributed by atoms with Crippen molar-refractivity contribution in [2.45, 2.75) is 31.9 Å². The Kier molecular flexibility index (Phi) is 4.66. The quantitative estimate of drug-likeness (QED) is 0.682. The first-order chi connectivity index (χ1) is 9.84. The van der Waals surface area contributed by atoms with Crippen molar-refractivity contribution in [3.63, 3.8) is 0 Å². The lowest BCUT2D eigenvalue weighted by Gasteiger charge is -2.29. The highest BCUT2D eigenvalue weighted by atomic mass is 19.4. The molecule has 1 aromatic rings. The van der Waals surface area contributed by atoms with Crippen LogP contribution in [0.1, 0.15) is 41.6 Å². The van der Waals surface area contributed by atoms with Crippen LogP contribution >= 0.6 is 0 Å². The van der Waals surface area contributed by atoms with Gasteiger partial charge >= 0.3 is 6.18 Å². The minimum absolute atomic E-state index is 0.00867. The lowest BCUT2D eigenvalue weighted by atomic mass is 9.75. The smallest absolute Gasteiger partial charge is 0.330 e. The summed E-state index contributed by atoms with van der Waals surface area (Å²) >= 11 is 0. The van der Waals surface area contributed by atoms with Crippen LogP contribution in [-0.2, 0) is 6.18 Å². The zero-order valence-corrected chi connectivity index (χ0v) is 11.4. The number of carbonyl (C=O) groups is 1. The third-order valence-electron chi connectivity index (χ3n) is 4.10. The van der Waals surface area contributed by atoms with Gasteiger partial charge < -0.3 is 5.73 Å². The van der Waals surface area contributed by atoms with E-state index in [-0.39, 0.29) is 23.2 Å². The van der Waals surface area contributed by atoms with E-state index in [0.717, 1.165) is 25.3 Å². The minimum Gasteiger partial charge on any atom is -0.330 e. The van der Waals surface area contributed by atoms with E-state index in [1.165, 1.54) is 0 Å². The van der Waals surface area contributed by atoms with Gasteiger partial charge in [0.05, 0.1) is 5.56 Å². The van der Waals surface area contributed by atoms with Crippen LogP contribution in [0.15, 0.2) is 18.2 Å². The topological polar surface area (TPSA) is 43.1 Å². The van der Waals surface area contributed by atoms with E-state index in [2.05, 4.69) is 0 Å². The molecule has 0 radical (unpaired) electrons. The van der Waals surface area contributed by atoms with Crippen molar-refractivity contribution >= 4 is 5.78 Å². The van der Waals surface area contributed by atoms with Gasteiger partial charge in [-0.1, -0.05) is 12.8 Å². The standard InChI is InChI=1S/C15H17F4NO/c16-13-6-5-9(7-12(13)15(17,18)19)14(21)11-4-2-1-3-10(11)8-20/h5-7,10-11H,1-4,8,20H2. The van der Waals surface area contributed by atoms with Crippen LogP contribution in [0.25, 0.3) is 0 Å².